The number of anilines is 1. The molecule has 1 aromatic carbocycles. The molecule has 2 heterocycles. The van der Waals surface area contributed by atoms with Gasteiger partial charge in [0.2, 0.25) is 0 Å². The number of ether oxygens (including phenoxy) is 2. The van der Waals surface area contributed by atoms with Crippen LogP contribution >= 0.6 is 0 Å². The van der Waals surface area contributed by atoms with Gasteiger partial charge < -0.3 is 14.4 Å². The van der Waals surface area contributed by atoms with E-state index in [0.717, 1.165) is 70.6 Å². The lowest BCUT2D eigenvalue weighted by molar-refractivity contribution is 0.0497. The van der Waals surface area contributed by atoms with Gasteiger partial charge in [0.15, 0.2) is 0 Å². The Balaban J connectivity index is 1.51. The molecule has 0 saturated carbocycles. The monoisotopic (exact) mass is 570 g/mol. The summed E-state index contributed by atoms with van der Waals surface area (Å²) in [7, 11) is 0. The number of hydrogen-bond donors (Lipinski definition) is 0. The number of benzene rings is 1. The highest BCUT2D eigenvalue weighted by Gasteiger charge is 2.26. The first-order chi connectivity index (χ1) is 19.4. The Morgan fingerprint density at radius 2 is 1.54 bits per heavy atom. The van der Waals surface area contributed by atoms with Crippen LogP contribution in [0.3, 0.4) is 0 Å². The molecule has 0 spiro atoms. The minimum absolute atomic E-state index is 0.0469. The molecule has 0 radical (unpaired) electrons. The number of esters is 1. The SMILES string of the molecule is CCCCCCOC(=O)c1ccc(OC(C)(C)CCN2CCN(c3cc(=O)n(C(C)C)c(=O)n3C(C)C)CC2)cc1. The topological polar surface area (TPSA) is 86.0 Å². The van der Waals surface area contributed by atoms with Gasteiger partial charge in [-0.15, -0.1) is 0 Å². The second kappa shape index (κ2) is 14.7. The van der Waals surface area contributed by atoms with E-state index in [1.54, 1.807) is 22.8 Å². The number of piperazine rings is 1. The molecule has 9 heteroatoms. The number of rotatable bonds is 14. The Morgan fingerprint density at radius 3 is 2.12 bits per heavy atom. The van der Waals surface area contributed by atoms with E-state index in [0.29, 0.717) is 18.0 Å². The van der Waals surface area contributed by atoms with Gasteiger partial charge in [-0.3, -0.25) is 18.8 Å². The summed E-state index contributed by atoms with van der Waals surface area (Å²) in [5.41, 5.74) is -0.345. The third-order valence-electron chi connectivity index (χ3n) is 7.62. The Morgan fingerprint density at radius 1 is 0.902 bits per heavy atom. The zero-order chi connectivity index (χ0) is 30.2. The number of unbranched alkanes of at least 4 members (excludes halogenated alkanes) is 3. The first-order valence-electron chi connectivity index (χ1n) is 15.2. The third kappa shape index (κ3) is 8.96. The molecule has 0 N–H and O–H groups in total. The lowest BCUT2D eigenvalue weighted by atomic mass is 10.0. The molecule has 0 amide bonds. The van der Waals surface area contributed by atoms with Gasteiger partial charge in [0, 0.05) is 50.9 Å². The molecule has 0 atom stereocenters. The molecule has 1 aliphatic heterocycles. The van der Waals surface area contributed by atoms with Gasteiger partial charge in [-0.25, -0.2) is 9.59 Å². The zero-order valence-electron chi connectivity index (χ0n) is 26.1. The number of aromatic nitrogens is 2. The quantitative estimate of drug-likeness (QED) is 0.226. The normalized spacial score (nSPS) is 14.6. The molecular weight excluding hydrogens is 520 g/mol. The summed E-state index contributed by atoms with van der Waals surface area (Å²) in [5, 5.41) is 0. The van der Waals surface area contributed by atoms with Crippen molar-refractivity contribution < 1.29 is 14.3 Å². The van der Waals surface area contributed by atoms with Crippen molar-refractivity contribution in [1.29, 1.82) is 0 Å². The maximum absolute atomic E-state index is 13.1. The van der Waals surface area contributed by atoms with Crippen molar-refractivity contribution in [2.24, 2.45) is 0 Å². The van der Waals surface area contributed by atoms with Crippen LogP contribution in [0.1, 0.15) is 103 Å². The first kappa shape index (κ1) is 32.4. The summed E-state index contributed by atoms with van der Waals surface area (Å²) >= 11 is 0. The predicted octanol–water partition coefficient (Wildman–Crippen LogP) is 5.28. The summed E-state index contributed by atoms with van der Waals surface area (Å²) in [6.45, 7) is 18.5. The van der Waals surface area contributed by atoms with Crippen LogP contribution in [0.2, 0.25) is 0 Å². The third-order valence-corrected chi connectivity index (χ3v) is 7.62. The van der Waals surface area contributed by atoms with Gasteiger partial charge in [0.1, 0.15) is 17.2 Å². The predicted molar refractivity (Wildman–Crippen MR) is 165 cm³/mol. The van der Waals surface area contributed by atoms with Crippen LogP contribution in [0, 0.1) is 0 Å². The average molecular weight is 571 g/mol. The van der Waals surface area contributed by atoms with Gasteiger partial charge in [-0.1, -0.05) is 26.2 Å². The highest BCUT2D eigenvalue weighted by molar-refractivity contribution is 5.89. The van der Waals surface area contributed by atoms with E-state index in [1.807, 2.05) is 39.8 Å². The van der Waals surface area contributed by atoms with E-state index in [9.17, 15) is 14.4 Å². The standard InChI is InChI=1S/C32H50N4O5/c1-8-9-10-11-22-40-30(38)26-12-14-27(15-13-26)41-32(6,7)16-17-33-18-20-34(21-19-33)28-23-29(37)36(25(4)5)31(39)35(28)24(2)3/h12-15,23-25H,8-11,16-22H2,1-7H3. The second-order valence-electron chi connectivity index (χ2n) is 12.2. The highest BCUT2D eigenvalue weighted by Crippen LogP contribution is 2.23. The number of nitrogens with zero attached hydrogens (tertiary/aromatic N) is 4. The number of carbonyl (C=O) groups is 1. The van der Waals surface area contributed by atoms with Crippen LogP contribution in [0.4, 0.5) is 5.82 Å². The van der Waals surface area contributed by atoms with Crippen molar-refractivity contribution in [2.75, 3.05) is 44.2 Å². The van der Waals surface area contributed by atoms with Crippen LogP contribution in [-0.2, 0) is 4.74 Å². The maximum Gasteiger partial charge on any atom is 0.338 e. The average Bonchev–Trinajstić information content (AvgIpc) is 2.91. The Hall–Kier alpha value is -3.07. The highest BCUT2D eigenvalue weighted by atomic mass is 16.5. The van der Waals surface area contributed by atoms with E-state index >= 15 is 0 Å². The molecule has 41 heavy (non-hydrogen) atoms. The minimum atomic E-state index is -0.391. The van der Waals surface area contributed by atoms with Crippen molar-refractivity contribution in [3.8, 4) is 5.75 Å². The van der Waals surface area contributed by atoms with Crippen LogP contribution in [0.25, 0.3) is 0 Å². The minimum Gasteiger partial charge on any atom is -0.488 e. The molecule has 1 aromatic heterocycles. The first-order valence-corrected chi connectivity index (χ1v) is 15.2. The van der Waals surface area contributed by atoms with Crippen LogP contribution in [0.5, 0.6) is 5.75 Å². The summed E-state index contributed by atoms with van der Waals surface area (Å²) in [5.74, 6) is 1.14. The summed E-state index contributed by atoms with van der Waals surface area (Å²) in [6.07, 6.45) is 5.12. The fourth-order valence-corrected chi connectivity index (χ4v) is 5.20. The fraction of sp³-hybridized carbons (Fsp3) is 0.656. The van der Waals surface area contributed by atoms with E-state index in [-0.39, 0.29) is 29.3 Å². The summed E-state index contributed by atoms with van der Waals surface area (Å²) in [6, 6.07) is 8.56. The maximum atomic E-state index is 13.1. The second-order valence-corrected chi connectivity index (χ2v) is 12.2. The van der Waals surface area contributed by atoms with E-state index in [2.05, 4.69) is 30.6 Å². The molecule has 0 bridgehead atoms. The molecule has 0 unspecified atom stereocenters. The number of carbonyl (C=O) groups excluding carboxylic acids is 1. The molecule has 9 nitrogen and oxygen atoms in total. The lowest BCUT2D eigenvalue weighted by Gasteiger charge is -2.38. The van der Waals surface area contributed by atoms with Gasteiger partial charge in [0.05, 0.1) is 12.2 Å². The van der Waals surface area contributed by atoms with Crippen LogP contribution in [-0.4, -0.2) is 64.9 Å². The summed E-state index contributed by atoms with van der Waals surface area (Å²) in [4.78, 5) is 42.7. The largest absolute Gasteiger partial charge is 0.488 e. The molecular formula is C32H50N4O5. The van der Waals surface area contributed by atoms with E-state index in [1.165, 1.54) is 4.57 Å². The van der Waals surface area contributed by atoms with Gasteiger partial charge in [-0.05, 0) is 78.6 Å². The molecule has 3 rings (SSSR count). The molecule has 1 aliphatic rings. The van der Waals surface area contributed by atoms with Crippen molar-refractivity contribution in [3.05, 3.63) is 56.7 Å². The van der Waals surface area contributed by atoms with Crippen molar-refractivity contribution in [1.82, 2.24) is 14.0 Å². The number of hydrogen-bond acceptors (Lipinski definition) is 7. The Labute approximate surface area is 245 Å². The fourth-order valence-electron chi connectivity index (χ4n) is 5.20. The van der Waals surface area contributed by atoms with E-state index in [4.69, 9.17) is 9.47 Å². The molecule has 2 aromatic rings. The van der Waals surface area contributed by atoms with E-state index < -0.39 is 5.60 Å². The molecule has 228 valence electrons. The molecule has 1 fully saturated rings. The lowest BCUT2D eigenvalue weighted by Crippen LogP contribution is -2.51. The summed E-state index contributed by atoms with van der Waals surface area (Å²) < 4.78 is 14.7. The van der Waals surface area contributed by atoms with Crippen LogP contribution in [0.15, 0.2) is 39.9 Å². The van der Waals surface area contributed by atoms with Gasteiger partial charge >= 0.3 is 11.7 Å². The van der Waals surface area contributed by atoms with Gasteiger partial charge in [-0.2, -0.15) is 0 Å². The van der Waals surface area contributed by atoms with Crippen LogP contribution < -0.4 is 20.9 Å². The van der Waals surface area contributed by atoms with Crippen molar-refractivity contribution in [3.63, 3.8) is 0 Å². The smallest absolute Gasteiger partial charge is 0.338 e. The Kier molecular flexibility index (Phi) is 11.6. The Bertz CT molecular complexity index is 1240. The van der Waals surface area contributed by atoms with Crippen molar-refractivity contribution >= 4 is 11.8 Å². The van der Waals surface area contributed by atoms with Crippen molar-refractivity contribution in [2.45, 2.75) is 98.3 Å². The zero-order valence-corrected chi connectivity index (χ0v) is 26.1. The molecule has 1 saturated heterocycles. The van der Waals surface area contributed by atoms with Gasteiger partial charge in [0.25, 0.3) is 5.56 Å². The molecule has 0 aliphatic carbocycles.